The van der Waals surface area contributed by atoms with Gasteiger partial charge in [-0.25, -0.2) is 4.98 Å². The Labute approximate surface area is 169 Å². The zero-order valence-electron chi connectivity index (χ0n) is 16.5. The third-order valence-corrected chi connectivity index (χ3v) is 4.96. The molecule has 0 bridgehead atoms. The minimum absolute atomic E-state index is 0.0665. The lowest BCUT2D eigenvalue weighted by atomic mass is 9.87. The molecule has 0 radical (unpaired) electrons. The minimum Gasteiger partial charge on any atom is -0.497 e. The summed E-state index contributed by atoms with van der Waals surface area (Å²) in [4.78, 5) is 16.6. The molecule has 2 aromatic carbocycles. The van der Waals surface area contributed by atoms with Crippen LogP contribution in [-0.4, -0.2) is 24.6 Å². The first-order valence-electron chi connectivity index (χ1n) is 8.98. The van der Waals surface area contributed by atoms with Crippen molar-refractivity contribution in [3.63, 3.8) is 0 Å². The Morgan fingerprint density at radius 2 is 1.86 bits per heavy atom. The Hall–Kier alpha value is -2.86. The second-order valence-electron chi connectivity index (χ2n) is 7.38. The van der Waals surface area contributed by atoms with E-state index in [1.165, 1.54) is 16.9 Å². The number of carbonyl (C=O) groups is 1. The molecule has 6 heteroatoms. The molecule has 1 heterocycles. The molecule has 1 aromatic heterocycles. The summed E-state index contributed by atoms with van der Waals surface area (Å²) >= 11 is 1.37. The maximum Gasteiger partial charge on any atom is 0.264 e. The fourth-order valence-electron chi connectivity index (χ4n) is 2.60. The lowest BCUT2D eigenvalue weighted by Gasteiger charge is -2.19. The SMILES string of the molecule is COc1cccc(-c2csc(NC(=O)COc3ccc(C(C)(C)C)cc3)n2)c1. The number of carbonyl (C=O) groups excluding carboxylic acids is 1. The van der Waals surface area contributed by atoms with Gasteiger partial charge >= 0.3 is 0 Å². The molecule has 0 fully saturated rings. The minimum atomic E-state index is -0.244. The predicted octanol–water partition coefficient (Wildman–Crippen LogP) is 5.13. The molecule has 3 rings (SSSR count). The lowest BCUT2D eigenvalue weighted by molar-refractivity contribution is -0.118. The number of hydrogen-bond donors (Lipinski definition) is 1. The highest BCUT2D eigenvalue weighted by atomic mass is 32.1. The van der Waals surface area contributed by atoms with Gasteiger partial charge in [0.1, 0.15) is 11.5 Å². The number of nitrogens with one attached hydrogen (secondary N) is 1. The molecule has 0 saturated heterocycles. The number of nitrogens with zero attached hydrogens (tertiary/aromatic N) is 1. The van der Waals surface area contributed by atoms with E-state index < -0.39 is 0 Å². The highest BCUT2D eigenvalue weighted by Crippen LogP contribution is 2.27. The van der Waals surface area contributed by atoms with Crippen molar-refractivity contribution in [3.8, 4) is 22.8 Å². The summed E-state index contributed by atoms with van der Waals surface area (Å²) in [5.74, 6) is 1.19. The van der Waals surface area contributed by atoms with E-state index in [0.29, 0.717) is 10.9 Å². The van der Waals surface area contributed by atoms with Crippen LogP contribution in [0.5, 0.6) is 11.5 Å². The van der Waals surface area contributed by atoms with Crippen LogP contribution in [0.1, 0.15) is 26.3 Å². The molecule has 1 N–H and O–H groups in total. The monoisotopic (exact) mass is 396 g/mol. The average molecular weight is 397 g/mol. The van der Waals surface area contributed by atoms with Gasteiger partial charge in [-0.3, -0.25) is 10.1 Å². The number of hydrogen-bond acceptors (Lipinski definition) is 5. The number of amides is 1. The van der Waals surface area contributed by atoms with Crippen LogP contribution >= 0.6 is 11.3 Å². The fourth-order valence-corrected chi connectivity index (χ4v) is 3.34. The second kappa shape index (κ2) is 8.44. The molecule has 3 aromatic rings. The van der Waals surface area contributed by atoms with Crippen molar-refractivity contribution in [1.82, 2.24) is 4.98 Å². The van der Waals surface area contributed by atoms with Gasteiger partial charge in [0.15, 0.2) is 11.7 Å². The largest absolute Gasteiger partial charge is 0.497 e. The van der Waals surface area contributed by atoms with Crippen LogP contribution in [0.2, 0.25) is 0 Å². The van der Waals surface area contributed by atoms with Crippen LogP contribution in [0.4, 0.5) is 5.13 Å². The lowest BCUT2D eigenvalue weighted by Crippen LogP contribution is -2.20. The summed E-state index contributed by atoms with van der Waals surface area (Å²) in [7, 11) is 1.63. The maximum absolute atomic E-state index is 12.2. The van der Waals surface area contributed by atoms with E-state index in [9.17, 15) is 4.79 Å². The van der Waals surface area contributed by atoms with E-state index in [-0.39, 0.29) is 17.9 Å². The van der Waals surface area contributed by atoms with Crippen molar-refractivity contribution in [2.45, 2.75) is 26.2 Å². The maximum atomic E-state index is 12.2. The number of thiazole rings is 1. The van der Waals surface area contributed by atoms with E-state index in [0.717, 1.165) is 17.0 Å². The quantitative estimate of drug-likeness (QED) is 0.627. The van der Waals surface area contributed by atoms with Crippen molar-refractivity contribution < 1.29 is 14.3 Å². The van der Waals surface area contributed by atoms with Gasteiger partial charge in [-0.15, -0.1) is 11.3 Å². The molecule has 5 nitrogen and oxygen atoms in total. The molecule has 0 atom stereocenters. The van der Waals surface area contributed by atoms with Gasteiger partial charge < -0.3 is 9.47 Å². The van der Waals surface area contributed by atoms with E-state index in [2.05, 4.69) is 31.1 Å². The van der Waals surface area contributed by atoms with Crippen LogP contribution < -0.4 is 14.8 Å². The number of aromatic nitrogens is 1. The van der Waals surface area contributed by atoms with Crippen molar-refractivity contribution in [1.29, 1.82) is 0 Å². The Balaban J connectivity index is 1.56. The molecule has 0 aliphatic rings. The Kier molecular flexibility index (Phi) is 5.99. The van der Waals surface area contributed by atoms with Crippen molar-refractivity contribution in [3.05, 3.63) is 59.5 Å². The van der Waals surface area contributed by atoms with Gasteiger partial charge in [0.2, 0.25) is 0 Å². The number of ether oxygens (including phenoxy) is 2. The molecular weight excluding hydrogens is 372 g/mol. The molecule has 0 unspecified atom stereocenters. The molecular formula is C22H24N2O3S. The van der Waals surface area contributed by atoms with Crippen molar-refractivity contribution in [2.75, 3.05) is 19.0 Å². The second-order valence-corrected chi connectivity index (χ2v) is 8.24. The van der Waals surface area contributed by atoms with Crippen LogP contribution in [0, 0.1) is 0 Å². The van der Waals surface area contributed by atoms with Crippen LogP contribution in [0.15, 0.2) is 53.9 Å². The number of anilines is 1. The van der Waals surface area contributed by atoms with Gasteiger partial charge in [-0.05, 0) is 35.2 Å². The smallest absolute Gasteiger partial charge is 0.264 e. The Morgan fingerprint density at radius 3 is 2.54 bits per heavy atom. The molecule has 0 saturated carbocycles. The summed E-state index contributed by atoms with van der Waals surface area (Å²) in [5.41, 5.74) is 3.03. The molecule has 0 aliphatic heterocycles. The van der Waals surface area contributed by atoms with Gasteiger partial charge in [0, 0.05) is 10.9 Å². The van der Waals surface area contributed by atoms with Gasteiger partial charge in [-0.2, -0.15) is 0 Å². The Morgan fingerprint density at radius 1 is 1.11 bits per heavy atom. The molecule has 146 valence electrons. The first kappa shape index (κ1) is 19.9. The van der Waals surface area contributed by atoms with Gasteiger partial charge in [0.05, 0.1) is 12.8 Å². The standard InChI is InChI=1S/C22H24N2O3S/c1-22(2,3)16-8-10-17(11-9-16)27-13-20(25)24-21-23-19(14-28-21)15-6-5-7-18(12-15)26-4/h5-12,14H,13H2,1-4H3,(H,23,24,25). The normalized spacial score (nSPS) is 11.1. The molecule has 0 spiro atoms. The summed E-state index contributed by atoms with van der Waals surface area (Å²) in [6.45, 7) is 6.40. The van der Waals surface area contributed by atoms with Crippen LogP contribution in [0.25, 0.3) is 11.3 Å². The predicted molar refractivity (Wildman–Crippen MR) is 113 cm³/mol. The molecule has 1 amide bonds. The first-order chi connectivity index (χ1) is 13.3. The highest BCUT2D eigenvalue weighted by molar-refractivity contribution is 7.14. The highest BCUT2D eigenvalue weighted by Gasteiger charge is 2.13. The van der Waals surface area contributed by atoms with Crippen LogP contribution in [0.3, 0.4) is 0 Å². The zero-order valence-corrected chi connectivity index (χ0v) is 17.3. The van der Waals surface area contributed by atoms with E-state index in [4.69, 9.17) is 9.47 Å². The van der Waals surface area contributed by atoms with Gasteiger partial charge in [-0.1, -0.05) is 45.0 Å². The number of rotatable bonds is 6. The third kappa shape index (κ3) is 5.10. The summed E-state index contributed by atoms with van der Waals surface area (Å²) in [5, 5.41) is 5.21. The third-order valence-electron chi connectivity index (χ3n) is 4.21. The average Bonchev–Trinajstić information content (AvgIpc) is 3.14. The first-order valence-corrected chi connectivity index (χ1v) is 9.86. The summed E-state index contributed by atoms with van der Waals surface area (Å²) < 4.78 is 10.8. The van der Waals surface area contributed by atoms with Crippen molar-refractivity contribution >= 4 is 22.4 Å². The van der Waals surface area contributed by atoms with E-state index >= 15 is 0 Å². The molecule has 28 heavy (non-hydrogen) atoms. The number of methoxy groups -OCH3 is 1. The summed E-state index contributed by atoms with van der Waals surface area (Å²) in [6.07, 6.45) is 0. The zero-order chi connectivity index (χ0) is 20.1. The topological polar surface area (TPSA) is 60.5 Å². The Bertz CT molecular complexity index is 943. The molecule has 0 aliphatic carbocycles. The van der Waals surface area contributed by atoms with E-state index in [1.807, 2.05) is 53.9 Å². The van der Waals surface area contributed by atoms with Gasteiger partial charge in [0.25, 0.3) is 5.91 Å². The van der Waals surface area contributed by atoms with Crippen LogP contribution in [-0.2, 0) is 10.2 Å². The number of benzene rings is 2. The van der Waals surface area contributed by atoms with E-state index in [1.54, 1.807) is 7.11 Å². The van der Waals surface area contributed by atoms with Crippen molar-refractivity contribution in [2.24, 2.45) is 0 Å². The fraction of sp³-hybridized carbons (Fsp3) is 0.273. The summed E-state index contributed by atoms with van der Waals surface area (Å²) in [6, 6.07) is 15.5.